The molecular weight excluding hydrogens is 624 g/mol. The molecule has 12 nitrogen and oxygen atoms in total. The summed E-state index contributed by atoms with van der Waals surface area (Å²) >= 11 is 0. The number of phenols is 1. The lowest BCUT2D eigenvalue weighted by Crippen LogP contribution is -2.58. The summed E-state index contributed by atoms with van der Waals surface area (Å²) in [5, 5.41) is 20.7. The summed E-state index contributed by atoms with van der Waals surface area (Å²) in [5.74, 6) is 5.62. The molecule has 252 valence electrons. The van der Waals surface area contributed by atoms with Crippen molar-refractivity contribution in [2.45, 2.75) is 19.0 Å². The Morgan fingerprint density at radius 1 is 0.939 bits per heavy atom. The van der Waals surface area contributed by atoms with Crippen LogP contribution in [-0.4, -0.2) is 94.6 Å². The number of morpholine rings is 2. The van der Waals surface area contributed by atoms with Gasteiger partial charge in [0, 0.05) is 49.7 Å². The highest BCUT2D eigenvalue weighted by Crippen LogP contribution is 2.31. The van der Waals surface area contributed by atoms with Crippen molar-refractivity contribution in [1.29, 1.82) is 0 Å². The number of ether oxygens (including phenoxy) is 2. The average Bonchev–Trinajstić information content (AvgIpc) is 3.51. The minimum atomic E-state index is -0.988. The third kappa shape index (κ3) is 7.92. The van der Waals surface area contributed by atoms with E-state index in [9.17, 15) is 19.5 Å². The molecule has 4 aromatic rings. The molecule has 4 amide bonds. The van der Waals surface area contributed by atoms with Gasteiger partial charge in [0.1, 0.15) is 23.5 Å². The quantitative estimate of drug-likeness (QED) is 0.269. The molecule has 1 aromatic heterocycles. The van der Waals surface area contributed by atoms with Gasteiger partial charge < -0.3 is 35.0 Å². The Bertz CT molecular complexity index is 1870. The molecule has 0 unspecified atom stereocenters. The fourth-order valence-corrected chi connectivity index (χ4v) is 5.79. The SMILES string of the molecule is Cc1ccc(O)c(-c2nn(C)cc2C#Cc2ccc(NC(=O)[C@@H]3COCCN3C(=O)[C@H](NC(=O)N3CCOCC3)c3ccccc3)cc2)c1. The standard InChI is InChI=1S/C37H38N6O6/c1-25-8-15-32(44)30(22-25)33-28(23-41(2)40-33)12-9-26-10-13-29(14-11-26)38-35(45)31-24-49-21-18-43(31)36(46)34(27-6-4-3-5-7-27)39-37(47)42-16-19-48-20-17-42/h3-8,10-11,13-15,22-23,31,34,44H,16-21,24H2,1-2H3,(H,38,45)(H,39,47)/t31-,34+/m0/s1. The fourth-order valence-electron chi connectivity index (χ4n) is 5.79. The van der Waals surface area contributed by atoms with Gasteiger partial charge in [-0.05, 0) is 48.9 Å². The molecule has 2 atom stereocenters. The first-order valence-corrected chi connectivity index (χ1v) is 16.1. The summed E-state index contributed by atoms with van der Waals surface area (Å²) in [6.07, 6.45) is 1.80. The van der Waals surface area contributed by atoms with Crippen molar-refractivity contribution in [3.05, 3.63) is 101 Å². The van der Waals surface area contributed by atoms with E-state index in [-0.39, 0.29) is 31.5 Å². The lowest BCUT2D eigenvalue weighted by atomic mass is 10.0. The number of hydrogen-bond donors (Lipinski definition) is 3. The Morgan fingerprint density at radius 3 is 2.43 bits per heavy atom. The molecule has 2 saturated heterocycles. The fraction of sp³-hybridized carbons (Fsp3) is 0.297. The molecule has 3 N–H and O–H groups in total. The predicted molar refractivity (Wildman–Crippen MR) is 183 cm³/mol. The highest BCUT2D eigenvalue weighted by Gasteiger charge is 2.38. The molecule has 0 radical (unpaired) electrons. The zero-order valence-electron chi connectivity index (χ0n) is 27.4. The van der Waals surface area contributed by atoms with Gasteiger partial charge >= 0.3 is 6.03 Å². The number of benzene rings is 3. The number of rotatable bonds is 6. The second-order valence-electron chi connectivity index (χ2n) is 11.9. The van der Waals surface area contributed by atoms with Gasteiger partial charge in [-0.25, -0.2) is 4.79 Å². The smallest absolute Gasteiger partial charge is 0.318 e. The number of aromatic nitrogens is 2. The van der Waals surface area contributed by atoms with Crippen LogP contribution in [0, 0.1) is 18.8 Å². The Balaban J connectivity index is 1.15. The predicted octanol–water partition coefficient (Wildman–Crippen LogP) is 3.45. The van der Waals surface area contributed by atoms with Crippen molar-refractivity contribution in [2.24, 2.45) is 7.05 Å². The molecular formula is C37H38N6O6. The van der Waals surface area contributed by atoms with Gasteiger partial charge in [-0.2, -0.15) is 5.10 Å². The van der Waals surface area contributed by atoms with Crippen LogP contribution in [-0.2, 0) is 26.1 Å². The maximum absolute atomic E-state index is 14.1. The summed E-state index contributed by atoms with van der Waals surface area (Å²) in [7, 11) is 1.80. The summed E-state index contributed by atoms with van der Waals surface area (Å²) in [5.41, 5.74) is 4.71. The number of carbonyl (C=O) groups is 3. The summed E-state index contributed by atoms with van der Waals surface area (Å²) in [4.78, 5) is 43.9. The van der Waals surface area contributed by atoms with E-state index in [1.54, 1.807) is 77.4 Å². The van der Waals surface area contributed by atoms with Crippen LogP contribution in [0.4, 0.5) is 10.5 Å². The van der Waals surface area contributed by atoms with Gasteiger partial charge in [-0.1, -0.05) is 53.8 Å². The normalized spacial score (nSPS) is 16.7. The number of urea groups is 1. The monoisotopic (exact) mass is 662 g/mol. The highest BCUT2D eigenvalue weighted by molar-refractivity contribution is 5.99. The number of hydrogen-bond acceptors (Lipinski definition) is 7. The van der Waals surface area contributed by atoms with Gasteiger partial charge in [0.15, 0.2) is 0 Å². The van der Waals surface area contributed by atoms with E-state index >= 15 is 0 Å². The van der Waals surface area contributed by atoms with Crippen molar-refractivity contribution in [1.82, 2.24) is 24.9 Å². The molecule has 2 aliphatic heterocycles. The van der Waals surface area contributed by atoms with Crippen LogP contribution in [0.25, 0.3) is 11.3 Å². The largest absolute Gasteiger partial charge is 0.507 e. The molecule has 2 fully saturated rings. The number of amides is 4. The van der Waals surface area contributed by atoms with Crippen LogP contribution >= 0.6 is 0 Å². The number of anilines is 1. The number of aromatic hydroxyl groups is 1. The summed E-state index contributed by atoms with van der Waals surface area (Å²) in [6, 6.07) is 19.1. The molecule has 6 rings (SSSR count). The van der Waals surface area contributed by atoms with E-state index in [1.807, 2.05) is 25.1 Å². The molecule has 3 heterocycles. The van der Waals surface area contributed by atoms with Crippen molar-refractivity contribution in [3.8, 4) is 28.8 Å². The molecule has 12 heteroatoms. The van der Waals surface area contributed by atoms with Gasteiger partial charge in [-0.15, -0.1) is 0 Å². The average molecular weight is 663 g/mol. The summed E-state index contributed by atoms with van der Waals surface area (Å²) < 4.78 is 12.6. The molecule has 0 saturated carbocycles. The van der Waals surface area contributed by atoms with Crippen molar-refractivity contribution in [2.75, 3.05) is 51.4 Å². The first-order valence-electron chi connectivity index (χ1n) is 16.1. The molecule has 2 aliphatic rings. The molecule has 49 heavy (non-hydrogen) atoms. The van der Waals surface area contributed by atoms with Crippen LogP contribution in [0.2, 0.25) is 0 Å². The minimum absolute atomic E-state index is 0.0178. The van der Waals surface area contributed by atoms with Crippen LogP contribution in [0.3, 0.4) is 0 Å². The van der Waals surface area contributed by atoms with E-state index in [2.05, 4.69) is 27.6 Å². The Labute approximate surface area is 284 Å². The third-order valence-corrected chi connectivity index (χ3v) is 8.39. The van der Waals surface area contributed by atoms with E-state index in [4.69, 9.17) is 9.47 Å². The van der Waals surface area contributed by atoms with E-state index < -0.39 is 23.9 Å². The van der Waals surface area contributed by atoms with Crippen LogP contribution in [0.15, 0.2) is 79.0 Å². The van der Waals surface area contributed by atoms with Gasteiger partial charge in [0.05, 0.1) is 32.0 Å². The molecule has 0 aliphatic carbocycles. The second kappa shape index (κ2) is 15.1. The highest BCUT2D eigenvalue weighted by atomic mass is 16.5. The van der Waals surface area contributed by atoms with Gasteiger partial charge in [0.25, 0.3) is 5.91 Å². The Hall–Kier alpha value is -5.64. The molecule has 0 spiro atoms. The summed E-state index contributed by atoms with van der Waals surface area (Å²) in [6.45, 7) is 4.15. The lowest BCUT2D eigenvalue weighted by Gasteiger charge is -2.37. The topological polar surface area (TPSA) is 138 Å². The zero-order valence-corrected chi connectivity index (χ0v) is 27.4. The zero-order chi connectivity index (χ0) is 34.3. The maximum atomic E-state index is 14.1. The Kier molecular flexibility index (Phi) is 10.2. The third-order valence-electron chi connectivity index (χ3n) is 8.39. The number of phenolic OH excluding ortho intramolecular Hbond substituents is 1. The van der Waals surface area contributed by atoms with Crippen molar-refractivity contribution in [3.63, 3.8) is 0 Å². The van der Waals surface area contributed by atoms with Gasteiger partial charge in [0.2, 0.25) is 5.91 Å². The second-order valence-corrected chi connectivity index (χ2v) is 11.9. The number of nitrogens with one attached hydrogen (secondary N) is 2. The lowest BCUT2D eigenvalue weighted by molar-refractivity contribution is -0.148. The van der Waals surface area contributed by atoms with E-state index in [0.29, 0.717) is 59.9 Å². The molecule has 0 bridgehead atoms. The first-order chi connectivity index (χ1) is 23.8. The minimum Gasteiger partial charge on any atom is -0.507 e. The van der Waals surface area contributed by atoms with Crippen LogP contribution in [0.5, 0.6) is 5.75 Å². The van der Waals surface area contributed by atoms with Crippen LogP contribution in [0.1, 0.15) is 28.3 Å². The van der Waals surface area contributed by atoms with E-state index in [1.165, 1.54) is 4.90 Å². The maximum Gasteiger partial charge on any atom is 0.318 e. The number of nitrogens with zero attached hydrogens (tertiary/aromatic N) is 4. The van der Waals surface area contributed by atoms with Crippen molar-refractivity contribution >= 4 is 23.5 Å². The van der Waals surface area contributed by atoms with E-state index in [0.717, 1.165) is 5.56 Å². The van der Waals surface area contributed by atoms with Crippen molar-refractivity contribution < 1.29 is 29.0 Å². The number of carbonyl (C=O) groups excluding carboxylic acids is 3. The van der Waals surface area contributed by atoms with Crippen LogP contribution < -0.4 is 10.6 Å². The Morgan fingerprint density at radius 2 is 1.67 bits per heavy atom. The number of aryl methyl sites for hydroxylation is 2. The first kappa shape index (κ1) is 33.3. The molecule has 3 aromatic carbocycles. The van der Waals surface area contributed by atoms with Gasteiger partial charge in [-0.3, -0.25) is 14.3 Å².